The predicted molar refractivity (Wildman–Crippen MR) is 74.6 cm³/mol. The standard InChI is InChI=1S/C12H15IOS/c1-2-3-9-11(13)12(14)15-10-7-5-4-6-8-10/h4-8,11H,2-3,9H2,1H3. The van der Waals surface area contributed by atoms with E-state index >= 15 is 0 Å². The van der Waals surface area contributed by atoms with Crippen molar-refractivity contribution in [1.82, 2.24) is 0 Å². The van der Waals surface area contributed by atoms with Crippen LogP contribution in [0.1, 0.15) is 26.2 Å². The van der Waals surface area contributed by atoms with Gasteiger partial charge in [0.2, 0.25) is 5.12 Å². The molecule has 0 radical (unpaired) electrons. The van der Waals surface area contributed by atoms with Gasteiger partial charge in [-0.25, -0.2) is 0 Å². The summed E-state index contributed by atoms with van der Waals surface area (Å²) in [5, 5.41) is 0.273. The van der Waals surface area contributed by atoms with Crippen molar-refractivity contribution in [1.29, 1.82) is 0 Å². The second-order valence-electron chi connectivity index (χ2n) is 3.34. The van der Waals surface area contributed by atoms with Crippen LogP contribution in [0, 0.1) is 0 Å². The van der Waals surface area contributed by atoms with Crippen molar-refractivity contribution in [2.75, 3.05) is 0 Å². The molecule has 0 spiro atoms. The van der Waals surface area contributed by atoms with Gasteiger partial charge in [0.05, 0.1) is 3.92 Å². The highest BCUT2D eigenvalue weighted by Crippen LogP contribution is 2.24. The summed E-state index contributed by atoms with van der Waals surface area (Å²) in [6, 6.07) is 9.85. The smallest absolute Gasteiger partial charge is 0.206 e. The molecule has 0 fully saturated rings. The van der Waals surface area contributed by atoms with E-state index < -0.39 is 0 Å². The summed E-state index contributed by atoms with van der Waals surface area (Å²) in [7, 11) is 0. The van der Waals surface area contributed by atoms with Crippen LogP contribution in [-0.2, 0) is 4.79 Å². The minimum atomic E-state index is 0.146. The van der Waals surface area contributed by atoms with Crippen molar-refractivity contribution < 1.29 is 4.79 Å². The average molecular weight is 334 g/mol. The lowest BCUT2D eigenvalue weighted by Crippen LogP contribution is -2.09. The molecule has 1 aromatic rings. The van der Waals surface area contributed by atoms with E-state index in [1.165, 1.54) is 11.8 Å². The number of halogens is 1. The first-order valence-electron chi connectivity index (χ1n) is 5.15. The van der Waals surface area contributed by atoms with Crippen LogP contribution in [0.4, 0.5) is 0 Å². The molecule has 1 unspecified atom stereocenters. The van der Waals surface area contributed by atoms with Crippen LogP contribution >= 0.6 is 34.4 Å². The maximum Gasteiger partial charge on any atom is 0.206 e. The van der Waals surface area contributed by atoms with Crippen molar-refractivity contribution in [3.05, 3.63) is 30.3 Å². The summed E-state index contributed by atoms with van der Waals surface area (Å²) in [6.45, 7) is 2.15. The Balaban J connectivity index is 2.42. The van der Waals surface area contributed by atoms with Gasteiger partial charge in [-0.3, -0.25) is 4.79 Å². The molecule has 0 saturated carbocycles. The molecule has 3 heteroatoms. The zero-order chi connectivity index (χ0) is 11.1. The highest BCUT2D eigenvalue weighted by Gasteiger charge is 2.14. The normalized spacial score (nSPS) is 12.4. The number of unbranched alkanes of at least 4 members (excludes halogenated alkanes) is 1. The lowest BCUT2D eigenvalue weighted by molar-refractivity contribution is -0.110. The summed E-state index contributed by atoms with van der Waals surface area (Å²) < 4.78 is 0.146. The van der Waals surface area contributed by atoms with E-state index in [9.17, 15) is 4.79 Å². The Morgan fingerprint density at radius 3 is 2.67 bits per heavy atom. The summed E-state index contributed by atoms with van der Waals surface area (Å²) in [5.74, 6) is 0. The fourth-order valence-corrected chi connectivity index (χ4v) is 2.76. The number of alkyl halides is 1. The number of carbonyl (C=O) groups is 1. The SMILES string of the molecule is CCCCC(I)C(=O)Sc1ccccc1. The van der Waals surface area contributed by atoms with Gasteiger partial charge in [-0.1, -0.05) is 72.3 Å². The van der Waals surface area contributed by atoms with Crippen molar-refractivity contribution in [3.8, 4) is 0 Å². The van der Waals surface area contributed by atoms with Crippen LogP contribution in [0.3, 0.4) is 0 Å². The number of thioether (sulfide) groups is 1. The molecule has 0 saturated heterocycles. The first-order chi connectivity index (χ1) is 7.24. The molecule has 0 N–H and O–H groups in total. The van der Waals surface area contributed by atoms with Gasteiger partial charge in [-0.15, -0.1) is 0 Å². The van der Waals surface area contributed by atoms with Gasteiger partial charge in [-0.2, -0.15) is 0 Å². The van der Waals surface area contributed by atoms with Crippen LogP contribution in [0.2, 0.25) is 0 Å². The number of hydrogen-bond donors (Lipinski definition) is 0. The molecule has 1 rings (SSSR count). The Labute approximate surface area is 109 Å². The van der Waals surface area contributed by atoms with E-state index in [1.54, 1.807) is 0 Å². The molecule has 0 aliphatic rings. The zero-order valence-corrected chi connectivity index (χ0v) is 11.8. The maximum absolute atomic E-state index is 11.8. The molecule has 15 heavy (non-hydrogen) atoms. The molecule has 0 heterocycles. The lowest BCUT2D eigenvalue weighted by Gasteiger charge is -2.07. The summed E-state index contributed by atoms with van der Waals surface area (Å²) in [5.41, 5.74) is 0. The van der Waals surface area contributed by atoms with Crippen LogP contribution in [-0.4, -0.2) is 9.04 Å². The molecule has 0 aliphatic carbocycles. The van der Waals surface area contributed by atoms with Crippen molar-refractivity contribution in [2.45, 2.75) is 35.0 Å². The van der Waals surface area contributed by atoms with Crippen molar-refractivity contribution in [3.63, 3.8) is 0 Å². The van der Waals surface area contributed by atoms with Gasteiger partial charge in [0.25, 0.3) is 0 Å². The topological polar surface area (TPSA) is 17.1 Å². The Morgan fingerprint density at radius 2 is 2.07 bits per heavy atom. The summed E-state index contributed by atoms with van der Waals surface area (Å²) >= 11 is 3.60. The Morgan fingerprint density at radius 1 is 1.40 bits per heavy atom. The van der Waals surface area contributed by atoms with Crippen LogP contribution in [0.5, 0.6) is 0 Å². The molecule has 0 aromatic heterocycles. The van der Waals surface area contributed by atoms with Gasteiger partial charge in [0.1, 0.15) is 0 Å². The number of benzene rings is 1. The Hall–Kier alpha value is -0.0300. The highest BCUT2D eigenvalue weighted by atomic mass is 127. The van der Waals surface area contributed by atoms with Gasteiger partial charge < -0.3 is 0 Å². The number of hydrogen-bond acceptors (Lipinski definition) is 2. The molecular formula is C12H15IOS. The number of carbonyl (C=O) groups excluding carboxylic acids is 1. The van der Waals surface area contributed by atoms with Crippen LogP contribution in [0.25, 0.3) is 0 Å². The molecule has 1 aromatic carbocycles. The zero-order valence-electron chi connectivity index (χ0n) is 8.78. The predicted octanol–water partition coefficient (Wildman–Crippen LogP) is 4.30. The molecule has 1 atom stereocenters. The molecule has 82 valence electrons. The largest absolute Gasteiger partial charge is 0.286 e. The molecule has 0 aliphatic heterocycles. The van der Waals surface area contributed by atoms with Crippen molar-refractivity contribution in [2.24, 2.45) is 0 Å². The van der Waals surface area contributed by atoms with Gasteiger partial charge in [0.15, 0.2) is 0 Å². The summed E-state index contributed by atoms with van der Waals surface area (Å²) in [4.78, 5) is 12.8. The van der Waals surface area contributed by atoms with Gasteiger partial charge >= 0.3 is 0 Å². The minimum absolute atomic E-state index is 0.146. The molecule has 1 nitrogen and oxygen atoms in total. The number of rotatable bonds is 5. The molecule has 0 bridgehead atoms. The second-order valence-corrected chi connectivity index (χ2v) is 5.93. The third-order valence-electron chi connectivity index (χ3n) is 2.03. The first kappa shape index (κ1) is 13.0. The van der Waals surface area contributed by atoms with Crippen molar-refractivity contribution >= 4 is 39.5 Å². The van der Waals surface area contributed by atoms with Gasteiger partial charge in [0, 0.05) is 4.90 Å². The Bertz CT molecular complexity index is 300. The van der Waals surface area contributed by atoms with Crippen LogP contribution in [0.15, 0.2) is 35.2 Å². The van der Waals surface area contributed by atoms with Crippen LogP contribution < -0.4 is 0 Å². The highest BCUT2D eigenvalue weighted by molar-refractivity contribution is 14.1. The monoisotopic (exact) mass is 334 g/mol. The lowest BCUT2D eigenvalue weighted by atomic mass is 10.2. The fraction of sp³-hybridized carbons (Fsp3) is 0.417. The third kappa shape index (κ3) is 5.02. The van der Waals surface area contributed by atoms with Gasteiger partial charge in [-0.05, 0) is 18.6 Å². The quantitative estimate of drug-likeness (QED) is 0.454. The fourth-order valence-electron chi connectivity index (χ4n) is 1.17. The van der Waals surface area contributed by atoms with E-state index in [0.29, 0.717) is 0 Å². The van der Waals surface area contributed by atoms with E-state index in [0.717, 1.165) is 24.2 Å². The van der Waals surface area contributed by atoms with E-state index in [2.05, 4.69) is 29.5 Å². The minimum Gasteiger partial charge on any atom is -0.286 e. The van der Waals surface area contributed by atoms with E-state index in [4.69, 9.17) is 0 Å². The van der Waals surface area contributed by atoms with E-state index in [-0.39, 0.29) is 9.04 Å². The molecular weight excluding hydrogens is 319 g/mol. The summed E-state index contributed by atoms with van der Waals surface area (Å²) in [6.07, 6.45) is 3.28. The maximum atomic E-state index is 11.8. The van der Waals surface area contributed by atoms with E-state index in [1.807, 2.05) is 30.3 Å². The molecule has 0 amide bonds. The third-order valence-corrected chi connectivity index (χ3v) is 4.63. The Kier molecular flexibility index (Phi) is 6.32. The second kappa shape index (κ2) is 7.28. The average Bonchev–Trinajstić information content (AvgIpc) is 2.27. The first-order valence-corrected chi connectivity index (χ1v) is 7.21.